The zero-order valence-corrected chi connectivity index (χ0v) is 13.9. The highest BCUT2D eigenvalue weighted by molar-refractivity contribution is 5.94. The van der Waals surface area contributed by atoms with Crippen molar-refractivity contribution in [3.8, 4) is 0 Å². The molecule has 0 saturated carbocycles. The highest BCUT2D eigenvalue weighted by atomic mass is 16.5. The Kier molecular flexibility index (Phi) is 5.77. The molecular formula is C17H24N4O3. The molecule has 0 radical (unpaired) electrons. The summed E-state index contributed by atoms with van der Waals surface area (Å²) in [6, 6.07) is 3.45. The molecule has 7 heteroatoms. The molecule has 0 atom stereocenters. The van der Waals surface area contributed by atoms with E-state index < -0.39 is 0 Å². The molecule has 2 aliphatic rings. The van der Waals surface area contributed by atoms with E-state index in [0.29, 0.717) is 38.2 Å². The van der Waals surface area contributed by atoms with E-state index in [1.54, 1.807) is 29.4 Å². The quantitative estimate of drug-likeness (QED) is 0.782. The van der Waals surface area contributed by atoms with Crippen LogP contribution < -0.4 is 0 Å². The Morgan fingerprint density at radius 2 is 1.58 bits per heavy atom. The molecule has 2 saturated heterocycles. The molecule has 1 aromatic rings. The summed E-state index contributed by atoms with van der Waals surface area (Å²) in [5.74, 6) is 0.190. The zero-order valence-electron chi connectivity index (χ0n) is 13.9. The number of ether oxygens (including phenoxy) is 1. The number of morpholine rings is 1. The summed E-state index contributed by atoms with van der Waals surface area (Å²) in [6.07, 6.45) is 3.79. The van der Waals surface area contributed by atoms with Gasteiger partial charge in [-0.1, -0.05) is 0 Å². The number of nitrogens with zero attached hydrogens (tertiary/aromatic N) is 4. The third kappa shape index (κ3) is 4.30. The number of pyridine rings is 1. The smallest absolute Gasteiger partial charge is 0.254 e. The van der Waals surface area contributed by atoms with E-state index in [1.165, 1.54) is 0 Å². The van der Waals surface area contributed by atoms with Gasteiger partial charge >= 0.3 is 0 Å². The van der Waals surface area contributed by atoms with Gasteiger partial charge in [0.05, 0.1) is 13.2 Å². The maximum absolute atomic E-state index is 12.4. The first-order valence-corrected chi connectivity index (χ1v) is 8.51. The molecule has 0 N–H and O–H groups in total. The minimum atomic E-state index is 0.0119. The summed E-state index contributed by atoms with van der Waals surface area (Å²) >= 11 is 0. The molecule has 3 rings (SSSR count). The molecule has 0 aliphatic carbocycles. The van der Waals surface area contributed by atoms with Crippen LogP contribution in [0.3, 0.4) is 0 Å². The fourth-order valence-electron chi connectivity index (χ4n) is 3.07. The average Bonchev–Trinajstić information content (AvgIpc) is 2.67. The Morgan fingerprint density at radius 3 is 2.25 bits per heavy atom. The average molecular weight is 332 g/mol. The fraction of sp³-hybridized carbons (Fsp3) is 0.588. The highest BCUT2D eigenvalue weighted by Gasteiger charge is 2.25. The molecule has 2 amide bonds. The standard InChI is InChI=1S/C17H24N4O3/c22-16(3-6-19-11-13-24-14-12-19)20-7-9-21(10-8-20)17(23)15-1-4-18-5-2-15/h1-2,4-5H,3,6-14H2. The van der Waals surface area contributed by atoms with Crippen LogP contribution in [0.4, 0.5) is 0 Å². The van der Waals surface area contributed by atoms with Crippen LogP contribution in [0.1, 0.15) is 16.8 Å². The monoisotopic (exact) mass is 332 g/mol. The molecule has 3 heterocycles. The molecule has 7 nitrogen and oxygen atoms in total. The van der Waals surface area contributed by atoms with E-state index in [4.69, 9.17) is 4.74 Å². The highest BCUT2D eigenvalue weighted by Crippen LogP contribution is 2.09. The van der Waals surface area contributed by atoms with Crippen molar-refractivity contribution in [2.24, 2.45) is 0 Å². The predicted molar refractivity (Wildman–Crippen MR) is 88.6 cm³/mol. The van der Waals surface area contributed by atoms with Gasteiger partial charge in [-0.05, 0) is 12.1 Å². The van der Waals surface area contributed by atoms with E-state index in [9.17, 15) is 9.59 Å². The van der Waals surface area contributed by atoms with Crippen molar-refractivity contribution in [2.45, 2.75) is 6.42 Å². The number of hydrogen-bond acceptors (Lipinski definition) is 5. The summed E-state index contributed by atoms with van der Waals surface area (Å²) in [5, 5.41) is 0. The molecule has 0 spiro atoms. The van der Waals surface area contributed by atoms with E-state index in [2.05, 4.69) is 9.88 Å². The Balaban J connectivity index is 1.42. The lowest BCUT2D eigenvalue weighted by Crippen LogP contribution is -2.51. The minimum absolute atomic E-state index is 0.0119. The van der Waals surface area contributed by atoms with Gasteiger partial charge in [0, 0.05) is 70.2 Å². The zero-order chi connectivity index (χ0) is 16.8. The maximum Gasteiger partial charge on any atom is 0.254 e. The summed E-state index contributed by atoms with van der Waals surface area (Å²) in [6.45, 7) is 6.50. The summed E-state index contributed by atoms with van der Waals surface area (Å²) < 4.78 is 5.32. The fourth-order valence-corrected chi connectivity index (χ4v) is 3.07. The Labute approximate surface area is 142 Å². The molecule has 24 heavy (non-hydrogen) atoms. The second-order valence-electron chi connectivity index (χ2n) is 6.11. The molecule has 0 unspecified atom stereocenters. The third-order valence-corrected chi connectivity index (χ3v) is 4.59. The lowest BCUT2D eigenvalue weighted by molar-refractivity contribution is -0.133. The van der Waals surface area contributed by atoms with Gasteiger partial charge in [0.2, 0.25) is 5.91 Å². The van der Waals surface area contributed by atoms with Crippen LogP contribution >= 0.6 is 0 Å². The second-order valence-corrected chi connectivity index (χ2v) is 6.11. The van der Waals surface area contributed by atoms with Crippen LogP contribution in [0.2, 0.25) is 0 Å². The molecule has 0 aromatic carbocycles. The van der Waals surface area contributed by atoms with Crippen molar-refractivity contribution in [3.05, 3.63) is 30.1 Å². The van der Waals surface area contributed by atoms with Crippen LogP contribution in [0.15, 0.2) is 24.5 Å². The summed E-state index contributed by atoms with van der Waals surface area (Å²) in [4.78, 5) is 34.6. The lowest BCUT2D eigenvalue weighted by Gasteiger charge is -2.35. The normalized spacial score (nSPS) is 19.3. The topological polar surface area (TPSA) is 66.0 Å². The predicted octanol–water partition coefficient (Wildman–Crippen LogP) is 0.0883. The Hall–Kier alpha value is -1.99. The van der Waals surface area contributed by atoms with Crippen molar-refractivity contribution < 1.29 is 14.3 Å². The van der Waals surface area contributed by atoms with E-state index in [1.807, 2.05) is 4.90 Å². The van der Waals surface area contributed by atoms with Gasteiger partial charge in [0.1, 0.15) is 0 Å². The minimum Gasteiger partial charge on any atom is -0.379 e. The number of carbonyl (C=O) groups is 2. The van der Waals surface area contributed by atoms with Crippen molar-refractivity contribution in [1.82, 2.24) is 19.7 Å². The van der Waals surface area contributed by atoms with E-state index in [0.717, 1.165) is 32.8 Å². The molecule has 2 fully saturated rings. The Bertz CT molecular complexity index is 552. The number of hydrogen-bond donors (Lipinski definition) is 0. The van der Waals surface area contributed by atoms with Gasteiger partial charge in [-0.3, -0.25) is 19.5 Å². The number of rotatable bonds is 4. The summed E-state index contributed by atoms with van der Waals surface area (Å²) in [7, 11) is 0. The van der Waals surface area contributed by atoms with Crippen LogP contribution in [0.5, 0.6) is 0 Å². The van der Waals surface area contributed by atoms with E-state index in [-0.39, 0.29) is 11.8 Å². The van der Waals surface area contributed by atoms with Crippen LogP contribution in [0, 0.1) is 0 Å². The SMILES string of the molecule is O=C(CCN1CCOCC1)N1CCN(C(=O)c2ccncc2)CC1. The largest absolute Gasteiger partial charge is 0.379 e. The van der Waals surface area contributed by atoms with Crippen molar-refractivity contribution >= 4 is 11.8 Å². The molecular weight excluding hydrogens is 308 g/mol. The summed E-state index contributed by atoms with van der Waals surface area (Å²) in [5.41, 5.74) is 0.650. The van der Waals surface area contributed by atoms with Gasteiger partial charge in [-0.25, -0.2) is 0 Å². The first-order chi connectivity index (χ1) is 11.7. The molecule has 0 bridgehead atoms. The lowest BCUT2D eigenvalue weighted by atomic mass is 10.2. The maximum atomic E-state index is 12.4. The van der Waals surface area contributed by atoms with Crippen molar-refractivity contribution in [1.29, 1.82) is 0 Å². The molecule has 1 aromatic heterocycles. The number of piperazine rings is 1. The van der Waals surface area contributed by atoms with Gasteiger partial charge in [0.15, 0.2) is 0 Å². The molecule has 130 valence electrons. The first kappa shape index (κ1) is 16.9. The Morgan fingerprint density at radius 1 is 0.958 bits per heavy atom. The number of carbonyl (C=O) groups excluding carboxylic acids is 2. The van der Waals surface area contributed by atoms with Crippen LogP contribution in [0.25, 0.3) is 0 Å². The number of amides is 2. The van der Waals surface area contributed by atoms with Crippen LogP contribution in [-0.2, 0) is 9.53 Å². The first-order valence-electron chi connectivity index (χ1n) is 8.51. The second kappa shape index (κ2) is 8.21. The van der Waals surface area contributed by atoms with Gasteiger partial charge in [-0.15, -0.1) is 0 Å². The van der Waals surface area contributed by atoms with Crippen molar-refractivity contribution in [3.63, 3.8) is 0 Å². The third-order valence-electron chi connectivity index (χ3n) is 4.59. The number of aromatic nitrogens is 1. The van der Waals surface area contributed by atoms with Gasteiger partial charge < -0.3 is 14.5 Å². The van der Waals surface area contributed by atoms with Crippen LogP contribution in [-0.4, -0.2) is 90.5 Å². The van der Waals surface area contributed by atoms with Gasteiger partial charge in [0.25, 0.3) is 5.91 Å². The van der Waals surface area contributed by atoms with E-state index >= 15 is 0 Å². The molecule has 2 aliphatic heterocycles. The van der Waals surface area contributed by atoms with Crippen molar-refractivity contribution in [2.75, 3.05) is 59.0 Å². The van der Waals surface area contributed by atoms with Gasteiger partial charge in [-0.2, -0.15) is 0 Å².